The topological polar surface area (TPSA) is 89.9 Å². The Balaban J connectivity index is 2.93. The molecule has 0 aromatic heterocycles. The number of aliphatic hydroxyl groups is 1. The third-order valence-electron chi connectivity index (χ3n) is 6.06. The molecule has 0 spiro atoms. The first-order valence-corrected chi connectivity index (χ1v) is 12.2. The number of rotatable bonds is 15. The quantitative estimate of drug-likeness (QED) is 0.162. The van der Waals surface area contributed by atoms with E-state index in [0.717, 1.165) is 24.8 Å². The first-order chi connectivity index (χ1) is 15.3. The molecular weight excluding hydrogens is 408 g/mol. The van der Waals surface area contributed by atoms with Gasteiger partial charge in [-0.15, -0.1) is 0 Å². The highest BCUT2D eigenvalue weighted by Gasteiger charge is 2.55. The summed E-state index contributed by atoms with van der Waals surface area (Å²) in [5, 5.41) is 10.3. The van der Waals surface area contributed by atoms with Gasteiger partial charge in [-0.1, -0.05) is 50.0 Å². The van der Waals surface area contributed by atoms with Crippen molar-refractivity contribution in [1.29, 1.82) is 0 Å². The summed E-state index contributed by atoms with van der Waals surface area (Å²) in [6.07, 6.45) is 11.7. The van der Waals surface area contributed by atoms with Crippen LogP contribution in [0.3, 0.4) is 0 Å². The van der Waals surface area contributed by atoms with E-state index in [1.807, 2.05) is 19.1 Å². The van der Waals surface area contributed by atoms with Crippen LogP contribution < -0.4 is 0 Å². The molecule has 1 unspecified atom stereocenters. The van der Waals surface area contributed by atoms with Gasteiger partial charge in [0.25, 0.3) is 0 Å². The zero-order chi connectivity index (χ0) is 24.0. The highest BCUT2D eigenvalue weighted by Crippen LogP contribution is 2.47. The molecule has 0 bridgehead atoms. The second kappa shape index (κ2) is 15.0. The van der Waals surface area contributed by atoms with E-state index < -0.39 is 17.5 Å². The van der Waals surface area contributed by atoms with Crippen molar-refractivity contribution in [2.75, 3.05) is 13.2 Å². The average Bonchev–Trinajstić information content (AvgIpc) is 3.06. The molecular formula is C26H42O6. The van der Waals surface area contributed by atoms with Crippen LogP contribution in [0.2, 0.25) is 0 Å². The molecule has 0 aliphatic heterocycles. The normalized spacial score (nSPS) is 22.3. The number of carbonyl (C=O) groups is 3. The molecule has 6 heteroatoms. The lowest BCUT2D eigenvalue weighted by Gasteiger charge is -2.31. The van der Waals surface area contributed by atoms with Crippen molar-refractivity contribution in [3.05, 3.63) is 23.8 Å². The zero-order valence-corrected chi connectivity index (χ0v) is 20.4. The number of aliphatic hydroxyl groups excluding tert-OH is 1. The Morgan fingerprint density at radius 1 is 1.16 bits per heavy atom. The lowest BCUT2D eigenvalue weighted by atomic mass is 9.72. The summed E-state index contributed by atoms with van der Waals surface area (Å²) < 4.78 is 10.3. The lowest BCUT2D eigenvalue weighted by Crippen LogP contribution is -2.42. The van der Waals surface area contributed by atoms with Gasteiger partial charge in [-0.25, -0.2) is 0 Å². The van der Waals surface area contributed by atoms with Crippen LogP contribution in [0.15, 0.2) is 23.8 Å². The van der Waals surface area contributed by atoms with Gasteiger partial charge in [0.15, 0.2) is 5.78 Å². The number of unbranched alkanes of at least 4 members (excludes halogenated alkanes) is 3. The fraction of sp³-hybridized carbons (Fsp3) is 0.731. The minimum Gasteiger partial charge on any atom is -0.466 e. The maximum absolute atomic E-state index is 13.0. The Morgan fingerprint density at radius 2 is 1.88 bits per heavy atom. The van der Waals surface area contributed by atoms with E-state index in [0.29, 0.717) is 51.6 Å². The maximum atomic E-state index is 13.0. The number of allylic oxidation sites excluding steroid dienone is 3. The smallest absolute Gasteiger partial charge is 0.320 e. The van der Waals surface area contributed by atoms with Crippen molar-refractivity contribution in [2.45, 2.75) is 98.0 Å². The van der Waals surface area contributed by atoms with Gasteiger partial charge in [0.1, 0.15) is 5.41 Å². The summed E-state index contributed by atoms with van der Waals surface area (Å²) in [7, 11) is 0. The molecule has 182 valence electrons. The molecule has 1 N–H and O–H groups in total. The second-order valence-corrected chi connectivity index (χ2v) is 8.63. The highest BCUT2D eigenvalue weighted by molar-refractivity contribution is 6.06. The van der Waals surface area contributed by atoms with Crippen LogP contribution in [0.4, 0.5) is 0 Å². The van der Waals surface area contributed by atoms with Crippen LogP contribution in [0.5, 0.6) is 0 Å². The molecule has 1 aliphatic carbocycles. The number of ether oxygens (including phenoxy) is 2. The predicted octanol–water partition coefficient (Wildman–Crippen LogP) is 5.08. The number of hydrogen-bond acceptors (Lipinski definition) is 6. The molecule has 0 aromatic carbocycles. The van der Waals surface area contributed by atoms with Crippen LogP contribution in [0, 0.1) is 11.3 Å². The van der Waals surface area contributed by atoms with E-state index >= 15 is 0 Å². The lowest BCUT2D eigenvalue weighted by molar-refractivity contribution is -0.160. The van der Waals surface area contributed by atoms with E-state index in [1.54, 1.807) is 19.9 Å². The number of Topliss-reactive ketones (excluding diaryl/α,β-unsaturated/α-hetero) is 1. The Morgan fingerprint density at radius 3 is 2.53 bits per heavy atom. The first-order valence-electron chi connectivity index (χ1n) is 12.2. The monoisotopic (exact) mass is 450 g/mol. The van der Waals surface area contributed by atoms with Gasteiger partial charge in [0.2, 0.25) is 0 Å². The molecule has 0 saturated heterocycles. The Kier molecular flexibility index (Phi) is 13.2. The SMILES string of the molecule is CCCCCC(O)C=C[C@H]1CCC(=O)[C@]1(CC(C)=CCCCC(=O)OCC)C(=O)OCC. The predicted molar refractivity (Wildman–Crippen MR) is 125 cm³/mol. The molecule has 6 nitrogen and oxygen atoms in total. The summed E-state index contributed by atoms with van der Waals surface area (Å²) in [6.45, 7) is 8.15. The highest BCUT2D eigenvalue weighted by atomic mass is 16.5. The number of carbonyl (C=O) groups excluding carboxylic acids is 3. The van der Waals surface area contributed by atoms with Crippen LogP contribution in [-0.2, 0) is 23.9 Å². The molecule has 0 heterocycles. The van der Waals surface area contributed by atoms with Crippen molar-refractivity contribution < 1.29 is 29.0 Å². The molecule has 1 aliphatic rings. The first kappa shape index (κ1) is 28.1. The van der Waals surface area contributed by atoms with Crippen molar-refractivity contribution in [1.82, 2.24) is 0 Å². The van der Waals surface area contributed by atoms with Crippen LogP contribution in [0.25, 0.3) is 0 Å². The van der Waals surface area contributed by atoms with Gasteiger partial charge in [-0.3, -0.25) is 14.4 Å². The van der Waals surface area contributed by atoms with Gasteiger partial charge in [0.05, 0.1) is 19.3 Å². The van der Waals surface area contributed by atoms with Gasteiger partial charge in [-0.05, 0) is 52.9 Å². The summed E-state index contributed by atoms with van der Waals surface area (Å²) in [5.41, 5.74) is -0.309. The van der Waals surface area contributed by atoms with Gasteiger partial charge < -0.3 is 14.6 Å². The standard InChI is InChI=1S/C26H42O6/c1-5-8-9-13-22(27)17-15-21-16-18-23(28)26(21,25(30)32-7-3)19-20(4)12-10-11-14-24(29)31-6-2/h12,15,17,21-22,27H,5-11,13-14,16,18-19H2,1-4H3/t21-,22?,26+/m0/s1. The van der Waals surface area contributed by atoms with Crippen LogP contribution >= 0.6 is 0 Å². The van der Waals surface area contributed by atoms with E-state index in [-0.39, 0.29) is 24.3 Å². The molecule has 32 heavy (non-hydrogen) atoms. The minimum absolute atomic E-state index is 0.0923. The molecule has 3 atom stereocenters. The molecule has 1 saturated carbocycles. The minimum atomic E-state index is -1.24. The summed E-state index contributed by atoms with van der Waals surface area (Å²) >= 11 is 0. The molecule has 1 fully saturated rings. The van der Waals surface area contributed by atoms with Crippen molar-refractivity contribution in [3.63, 3.8) is 0 Å². The number of hydrogen-bond donors (Lipinski definition) is 1. The Bertz CT molecular complexity index is 665. The Hall–Kier alpha value is -1.95. The van der Waals surface area contributed by atoms with Crippen LogP contribution in [0.1, 0.15) is 91.9 Å². The third-order valence-corrected chi connectivity index (χ3v) is 6.06. The number of esters is 2. The summed E-state index contributed by atoms with van der Waals surface area (Å²) in [5.74, 6) is -1.07. The van der Waals surface area contributed by atoms with Crippen molar-refractivity contribution in [3.8, 4) is 0 Å². The summed E-state index contributed by atoms with van der Waals surface area (Å²) in [4.78, 5) is 37.6. The summed E-state index contributed by atoms with van der Waals surface area (Å²) in [6, 6.07) is 0. The van der Waals surface area contributed by atoms with Gasteiger partial charge in [-0.2, -0.15) is 0 Å². The molecule has 0 amide bonds. The largest absolute Gasteiger partial charge is 0.466 e. The van der Waals surface area contributed by atoms with Gasteiger partial charge in [0, 0.05) is 18.8 Å². The molecule has 0 radical (unpaired) electrons. The van der Waals surface area contributed by atoms with E-state index in [9.17, 15) is 19.5 Å². The van der Waals surface area contributed by atoms with Gasteiger partial charge >= 0.3 is 11.9 Å². The molecule has 0 aromatic rings. The fourth-order valence-electron chi connectivity index (χ4n) is 4.35. The second-order valence-electron chi connectivity index (χ2n) is 8.63. The van der Waals surface area contributed by atoms with E-state index in [1.165, 1.54) is 0 Å². The fourth-order valence-corrected chi connectivity index (χ4v) is 4.35. The number of ketones is 1. The zero-order valence-electron chi connectivity index (χ0n) is 20.4. The molecule has 1 rings (SSSR count). The van der Waals surface area contributed by atoms with Crippen molar-refractivity contribution in [2.24, 2.45) is 11.3 Å². The van der Waals surface area contributed by atoms with Crippen LogP contribution in [-0.4, -0.2) is 42.1 Å². The average molecular weight is 451 g/mol. The maximum Gasteiger partial charge on any atom is 0.320 e. The van der Waals surface area contributed by atoms with E-state index in [2.05, 4.69) is 6.92 Å². The van der Waals surface area contributed by atoms with Crippen molar-refractivity contribution >= 4 is 17.7 Å². The Labute approximate surface area is 193 Å². The van der Waals surface area contributed by atoms with E-state index in [4.69, 9.17) is 9.47 Å². The third kappa shape index (κ3) is 8.53.